The smallest absolute Gasteiger partial charge is 0.340 e. The zero-order valence-electron chi connectivity index (χ0n) is 15.4. The first-order valence-corrected chi connectivity index (χ1v) is 9.13. The molecule has 2 saturated heterocycles. The van der Waals surface area contributed by atoms with Crippen LogP contribution >= 0.6 is 0 Å². The quantitative estimate of drug-likeness (QED) is 0.854. The Morgan fingerprint density at radius 2 is 1.89 bits per heavy atom. The standard InChI is InChI=1S/C19H24F3N3O2/c1-12-11-25(10-9-23-12)18(27)15-7-8-16(26)24(2)17(15)13-3-5-14(6-4-13)19(20,21)22/h3-6,12,15,17,23H,7-11H2,1-2H3/t12-,15-,17+/m1/s1. The Labute approximate surface area is 156 Å². The summed E-state index contributed by atoms with van der Waals surface area (Å²) in [6, 6.07) is 4.42. The molecular weight excluding hydrogens is 359 g/mol. The van der Waals surface area contributed by atoms with E-state index in [2.05, 4.69) is 5.32 Å². The average molecular weight is 383 g/mol. The van der Waals surface area contributed by atoms with E-state index in [1.165, 1.54) is 17.0 Å². The van der Waals surface area contributed by atoms with E-state index in [-0.39, 0.29) is 24.3 Å². The summed E-state index contributed by atoms with van der Waals surface area (Å²) in [5.41, 5.74) is -0.185. The maximum absolute atomic E-state index is 13.1. The molecule has 2 amide bonds. The van der Waals surface area contributed by atoms with Crippen molar-refractivity contribution in [2.75, 3.05) is 26.7 Å². The van der Waals surface area contributed by atoms with Crippen molar-refractivity contribution < 1.29 is 22.8 Å². The summed E-state index contributed by atoms with van der Waals surface area (Å²) in [6.07, 6.45) is -3.74. The SMILES string of the molecule is C[C@@H]1CN(C(=O)[C@@H]2CCC(=O)N(C)[C@H]2c2ccc(C(F)(F)F)cc2)CCN1. The van der Waals surface area contributed by atoms with Crippen LogP contribution in [0.5, 0.6) is 0 Å². The Balaban J connectivity index is 1.88. The van der Waals surface area contributed by atoms with Gasteiger partial charge >= 0.3 is 6.18 Å². The lowest BCUT2D eigenvalue weighted by atomic mass is 9.83. The fourth-order valence-electron chi connectivity index (χ4n) is 3.99. The van der Waals surface area contributed by atoms with Gasteiger partial charge in [-0.2, -0.15) is 13.2 Å². The van der Waals surface area contributed by atoms with Gasteiger partial charge < -0.3 is 15.1 Å². The van der Waals surface area contributed by atoms with Gasteiger partial charge in [0.2, 0.25) is 11.8 Å². The van der Waals surface area contributed by atoms with Gasteiger partial charge in [0.1, 0.15) is 0 Å². The van der Waals surface area contributed by atoms with E-state index in [0.717, 1.165) is 12.1 Å². The summed E-state index contributed by atoms with van der Waals surface area (Å²) >= 11 is 0. The molecule has 3 atom stereocenters. The van der Waals surface area contributed by atoms with Crippen molar-refractivity contribution in [1.82, 2.24) is 15.1 Å². The van der Waals surface area contributed by atoms with Gasteiger partial charge in [0.05, 0.1) is 17.5 Å². The molecule has 0 aromatic heterocycles. The van der Waals surface area contributed by atoms with Crippen molar-refractivity contribution in [3.05, 3.63) is 35.4 Å². The first kappa shape index (κ1) is 19.7. The highest BCUT2D eigenvalue weighted by Crippen LogP contribution is 2.38. The normalized spacial score (nSPS) is 27.0. The third-order valence-electron chi connectivity index (χ3n) is 5.44. The Bertz CT molecular complexity index is 705. The Kier molecular flexibility index (Phi) is 5.46. The van der Waals surface area contributed by atoms with Crippen LogP contribution in [0.1, 0.15) is 36.9 Å². The second-order valence-corrected chi connectivity index (χ2v) is 7.35. The summed E-state index contributed by atoms with van der Waals surface area (Å²) in [4.78, 5) is 28.7. The molecule has 1 aromatic rings. The average Bonchev–Trinajstić information content (AvgIpc) is 2.62. The van der Waals surface area contributed by atoms with E-state index in [4.69, 9.17) is 0 Å². The number of carbonyl (C=O) groups excluding carboxylic acids is 2. The van der Waals surface area contributed by atoms with Gasteiger partial charge in [-0.05, 0) is 31.0 Å². The molecule has 1 aromatic carbocycles. The highest BCUT2D eigenvalue weighted by Gasteiger charge is 2.41. The number of hydrogen-bond donors (Lipinski definition) is 1. The van der Waals surface area contributed by atoms with Gasteiger partial charge in [0.15, 0.2) is 0 Å². The molecule has 2 aliphatic rings. The van der Waals surface area contributed by atoms with Crippen molar-refractivity contribution in [2.24, 2.45) is 5.92 Å². The predicted molar refractivity (Wildman–Crippen MR) is 93.7 cm³/mol. The number of piperidine rings is 1. The van der Waals surface area contributed by atoms with Crippen molar-refractivity contribution in [3.8, 4) is 0 Å². The van der Waals surface area contributed by atoms with Crippen LogP contribution in [0.15, 0.2) is 24.3 Å². The Morgan fingerprint density at radius 1 is 1.22 bits per heavy atom. The third-order valence-corrected chi connectivity index (χ3v) is 5.44. The van der Waals surface area contributed by atoms with Crippen LogP contribution in [-0.2, 0) is 15.8 Å². The topological polar surface area (TPSA) is 52.7 Å². The molecular formula is C19H24F3N3O2. The van der Waals surface area contributed by atoms with Gasteiger partial charge in [-0.1, -0.05) is 12.1 Å². The van der Waals surface area contributed by atoms with Gasteiger partial charge in [-0.3, -0.25) is 9.59 Å². The van der Waals surface area contributed by atoms with Crippen LogP contribution < -0.4 is 5.32 Å². The molecule has 2 heterocycles. The van der Waals surface area contributed by atoms with E-state index < -0.39 is 23.7 Å². The lowest BCUT2D eigenvalue weighted by molar-refractivity contribution is -0.147. The summed E-state index contributed by atoms with van der Waals surface area (Å²) in [5.74, 6) is -0.583. The van der Waals surface area contributed by atoms with Crippen LogP contribution in [0.2, 0.25) is 0 Å². The molecule has 0 aliphatic carbocycles. The van der Waals surface area contributed by atoms with Crippen molar-refractivity contribution in [1.29, 1.82) is 0 Å². The van der Waals surface area contributed by atoms with Gasteiger partial charge in [-0.15, -0.1) is 0 Å². The Morgan fingerprint density at radius 3 is 2.48 bits per heavy atom. The number of nitrogens with one attached hydrogen (secondary N) is 1. The minimum Gasteiger partial charge on any atom is -0.340 e. The summed E-state index contributed by atoms with van der Waals surface area (Å²) in [5, 5.41) is 3.28. The molecule has 2 aliphatic heterocycles. The van der Waals surface area contributed by atoms with Crippen molar-refractivity contribution >= 4 is 11.8 Å². The van der Waals surface area contributed by atoms with E-state index in [9.17, 15) is 22.8 Å². The zero-order valence-corrected chi connectivity index (χ0v) is 15.4. The van der Waals surface area contributed by atoms with Crippen LogP contribution in [0, 0.1) is 5.92 Å². The molecule has 2 fully saturated rings. The van der Waals surface area contributed by atoms with E-state index in [1.807, 2.05) is 6.92 Å². The fraction of sp³-hybridized carbons (Fsp3) is 0.579. The number of amides is 2. The Hall–Kier alpha value is -2.09. The molecule has 0 saturated carbocycles. The van der Waals surface area contributed by atoms with Crippen LogP contribution in [0.25, 0.3) is 0 Å². The number of alkyl halides is 3. The number of halogens is 3. The van der Waals surface area contributed by atoms with Gasteiger partial charge in [0.25, 0.3) is 0 Å². The van der Waals surface area contributed by atoms with Gasteiger partial charge in [-0.25, -0.2) is 0 Å². The molecule has 8 heteroatoms. The summed E-state index contributed by atoms with van der Waals surface area (Å²) in [7, 11) is 1.62. The molecule has 5 nitrogen and oxygen atoms in total. The van der Waals surface area contributed by atoms with E-state index in [0.29, 0.717) is 31.6 Å². The molecule has 1 N–H and O–H groups in total. The monoisotopic (exact) mass is 383 g/mol. The largest absolute Gasteiger partial charge is 0.416 e. The first-order valence-electron chi connectivity index (χ1n) is 9.13. The first-order chi connectivity index (χ1) is 12.7. The number of likely N-dealkylation sites (tertiary alicyclic amines) is 1. The number of carbonyl (C=O) groups is 2. The number of benzene rings is 1. The number of hydrogen-bond acceptors (Lipinski definition) is 3. The van der Waals surface area contributed by atoms with Crippen LogP contribution in [0.4, 0.5) is 13.2 Å². The van der Waals surface area contributed by atoms with E-state index in [1.54, 1.807) is 11.9 Å². The number of nitrogens with zero attached hydrogens (tertiary/aromatic N) is 2. The minimum atomic E-state index is -4.42. The highest BCUT2D eigenvalue weighted by molar-refractivity contribution is 5.85. The van der Waals surface area contributed by atoms with Gasteiger partial charge in [0, 0.05) is 39.1 Å². The second kappa shape index (κ2) is 7.50. The summed E-state index contributed by atoms with van der Waals surface area (Å²) < 4.78 is 38.6. The van der Waals surface area contributed by atoms with Crippen LogP contribution in [-0.4, -0.2) is 54.3 Å². The highest BCUT2D eigenvalue weighted by atomic mass is 19.4. The maximum Gasteiger partial charge on any atom is 0.416 e. The zero-order chi connectivity index (χ0) is 19.8. The van der Waals surface area contributed by atoms with Crippen LogP contribution in [0.3, 0.4) is 0 Å². The maximum atomic E-state index is 13.1. The molecule has 0 radical (unpaired) electrons. The molecule has 3 rings (SSSR count). The number of piperazine rings is 1. The predicted octanol–water partition coefficient (Wildman–Crippen LogP) is 2.44. The summed E-state index contributed by atoms with van der Waals surface area (Å²) in [6.45, 7) is 3.90. The van der Waals surface area contributed by atoms with Crippen molar-refractivity contribution in [3.63, 3.8) is 0 Å². The number of rotatable bonds is 2. The fourth-order valence-corrected chi connectivity index (χ4v) is 3.99. The van der Waals surface area contributed by atoms with E-state index >= 15 is 0 Å². The molecule has 0 bridgehead atoms. The third kappa shape index (κ3) is 4.10. The molecule has 148 valence electrons. The minimum absolute atomic E-state index is 0.0346. The molecule has 0 unspecified atom stereocenters. The lowest BCUT2D eigenvalue weighted by Gasteiger charge is -2.42. The van der Waals surface area contributed by atoms with Crippen molar-refractivity contribution in [2.45, 2.75) is 38.0 Å². The molecule has 27 heavy (non-hydrogen) atoms. The lowest BCUT2D eigenvalue weighted by Crippen LogP contribution is -2.55. The molecule has 0 spiro atoms. The second-order valence-electron chi connectivity index (χ2n) is 7.35.